The van der Waals surface area contributed by atoms with Crippen molar-refractivity contribution in [1.29, 1.82) is 0 Å². The lowest BCUT2D eigenvalue weighted by Gasteiger charge is -2.14. The van der Waals surface area contributed by atoms with E-state index in [0.29, 0.717) is 5.56 Å². The number of H-pyrrole nitrogens is 1. The normalized spacial score (nSPS) is 11.4. The Morgan fingerprint density at radius 2 is 2.26 bits per heavy atom. The third kappa shape index (κ3) is 5.07. The van der Waals surface area contributed by atoms with Crippen molar-refractivity contribution in [3.8, 4) is 0 Å². The summed E-state index contributed by atoms with van der Waals surface area (Å²) >= 11 is 0. The molecule has 1 unspecified atom stereocenters. The molecule has 0 aliphatic carbocycles. The number of aromatic nitrogens is 1. The van der Waals surface area contributed by atoms with Crippen LogP contribution in [0.5, 0.6) is 0 Å². The van der Waals surface area contributed by atoms with E-state index in [1.54, 1.807) is 0 Å². The average Bonchev–Trinajstić information content (AvgIpc) is 2.38. The van der Waals surface area contributed by atoms with Crippen molar-refractivity contribution in [2.75, 3.05) is 6.61 Å². The summed E-state index contributed by atoms with van der Waals surface area (Å²) in [5.74, 6) is -1.19. The van der Waals surface area contributed by atoms with Crippen molar-refractivity contribution in [2.45, 2.75) is 12.5 Å². The summed E-state index contributed by atoms with van der Waals surface area (Å²) in [5.41, 5.74) is 0.296. The molecule has 0 saturated heterocycles. The van der Waals surface area contributed by atoms with E-state index in [2.05, 4.69) is 21.6 Å². The fourth-order valence-corrected chi connectivity index (χ4v) is 1.32. The number of carboxylic acids is 1. The third-order valence-electron chi connectivity index (χ3n) is 2.21. The molecule has 3 N–H and O–H groups in total. The number of carbonyl (C=O) groups excluding carboxylic acids is 1. The number of ether oxygens (including phenoxy) is 1. The summed E-state index contributed by atoms with van der Waals surface area (Å²) in [6.07, 6.45) is 1.97. The van der Waals surface area contributed by atoms with Crippen LogP contribution in [0.25, 0.3) is 0 Å². The maximum Gasteiger partial charge on any atom is 0.408 e. The summed E-state index contributed by atoms with van der Waals surface area (Å²) in [6.45, 7) is 3.36. The zero-order chi connectivity index (χ0) is 14.3. The predicted molar refractivity (Wildman–Crippen MR) is 66.9 cm³/mol. The second kappa shape index (κ2) is 7.00. The molecule has 1 atom stereocenters. The second-order valence-corrected chi connectivity index (χ2v) is 3.69. The van der Waals surface area contributed by atoms with Crippen LogP contribution in [0.15, 0.2) is 35.8 Å². The van der Waals surface area contributed by atoms with Crippen LogP contribution in [-0.2, 0) is 16.0 Å². The van der Waals surface area contributed by atoms with E-state index >= 15 is 0 Å². The summed E-state index contributed by atoms with van der Waals surface area (Å²) in [6, 6.07) is 1.64. The third-order valence-corrected chi connectivity index (χ3v) is 2.21. The van der Waals surface area contributed by atoms with Crippen molar-refractivity contribution in [3.63, 3.8) is 0 Å². The first kappa shape index (κ1) is 14.5. The molecule has 7 heteroatoms. The second-order valence-electron chi connectivity index (χ2n) is 3.69. The van der Waals surface area contributed by atoms with E-state index in [4.69, 9.17) is 5.11 Å². The summed E-state index contributed by atoms with van der Waals surface area (Å²) < 4.78 is 4.64. The number of rotatable bonds is 6. The largest absolute Gasteiger partial charge is 0.480 e. The summed E-state index contributed by atoms with van der Waals surface area (Å²) in [5, 5.41) is 11.2. The van der Waals surface area contributed by atoms with E-state index in [-0.39, 0.29) is 18.6 Å². The van der Waals surface area contributed by atoms with Gasteiger partial charge in [0.15, 0.2) is 0 Å². The van der Waals surface area contributed by atoms with Crippen molar-refractivity contribution in [1.82, 2.24) is 10.3 Å². The molecule has 0 aliphatic heterocycles. The quantitative estimate of drug-likeness (QED) is 0.641. The Morgan fingerprint density at radius 1 is 1.53 bits per heavy atom. The number of aliphatic carboxylic acids is 1. The molecule has 1 rings (SSSR count). The molecule has 102 valence electrons. The molecule has 0 radical (unpaired) electrons. The number of hydrogen-bond acceptors (Lipinski definition) is 4. The van der Waals surface area contributed by atoms with Gasteiger partial charge in [-0.3, -0.25) is 4.79 Å². The highest BCUT2D eigenvalue weighted by atomic mass is 16.5. The smallest absolute Gasteiger partial charge is 0.408 e. The first-order valence-electron chi connectivity index (χ1n) is 5.47. The molecule has 0 bridgehead atoms. The highest BCUT2D eigenvalue weighted by Crippen LogP contribution is 2.01. The first-order valence-corrected chi connectivity index (χ1v) is 5.47. The number of nitrogens with one attached hydrogen (secondary N) is 2. The van der Waals surface area contributed by atoms with Gasteiger partial charge in [0.05, 0.1) is 0 Å². The molecule has 0 aromatic carbocycles. The molecule has 1 aromatic heterocycles. The van der Waals surface area contributed by atoms with Gasteiger partial charge in [-0.2, -0.15) is 0 Å². The Balaban J connectivity index is 2.65. The minimum Gasteiger partial charge on any atom is -0.480 e. The van der Waals surface area contributed by atoms with Crippen LogP contribution in [0.1, 0.15) is 5.56 Å². The zero-order valence-corrected chi connectivity index (χ0v) is 10.1. The molecule has 1 aromatic rings. The van der Waals surface area contributed by atoms with Crippen LogP contribution < -0.4 is 10.9 Å². The molecule has 19 heavy (non-hydrogen) atoms. The van der Waals surface area contributed by atoms with E-state index in [0.717, 1.165) is 0 Å². The lowest BCUT2D eigenvalue weighted by molar-refractivity contribution is -0.139. The van der Waals surface area contributed by atoms with Crippen molar-refractivity contribution >= 4 is 12.1 Å². The van der Waals surface area contributed by atoms with Crippen molar-refractivity contribution in [2.24, 2.45) is 0 Å². The van der Waals surface area contributed by atoms with Crippen LogP contribution in [-0.4, -0.2) is 34.8 Å². The Morgan fingerprint density at radius 3 is 2.79 bits per heavy atom. The van der Waals surface area contributed by atoms with Gasteiger partial charge in [0.2, 0.25) is 5.56 Å². The van der Waals surface area contributed by atoms with Gasteiger partial charge in [-0.1, -0.05) is 18.7 Å². The topological polar surface area (TPSA) is 108 Å². The maximum atomic E-state index is 11.3. The molecule has 0 fully saturated rings. The van der Waals surface area contributed by atoms with E-state index in [9.17, 15) is 14.4 Å². The van der Waals surface area contributed by atoms with Gasteiger partial charge in [0.1, 0.15) is 12.6 Å². The van der Waals surface area contributed by atoms with Gasteiger partial charge in [-0.25, -0.2) is 9.59 Å². The van der Waals surface area contributed by atoms with Crippen LogP contribution >= 0.6 is 0 Å². The number of pyridine rings is 1. The van der Waals surface area contributed by atoms with Crippen molar-refractivity contribution < 1.29 is 19.4 Å². The van der Waals surface area contributed by atoms with Crippen LogP contribution in [0.4, 0.5) is 4.79 Å². The fourth-order valence-electron chi connectivity index (χ4n) is 1.32. The number of carbonyl (C=O) groups is 2. The van der Waals surface area contributed by atoms with Crippen LogP contribution in [0.3, 0.4) is 0 Å². The Bertz CT molecular complexity index is 503. The molecular formula is C12H14N2O5. The lowest BCUT2D eigenvalue weighted by Crippen LogP contribution is -2.42. The monoisotopic (exact) mass is 266 g/mol. The number of hydrogen-bond donors (Lipinski definition) is 3. The zero-order valence-electron chi connectivity index (χ0n) is 10.1. The van der Waals surface area contributed by atoms with Crippen LogP contribution in [0, 0.1) is 0 Å². The maximum absolute atomic E-state index is 11.3. The van der Waals surface area contributed by atoms with E-state index in [1.165, 1.54) is 24.4 Å². The molecule has 7 nitrogen and oxygen atoms in total. The summed E-state index contributed by atoms with van der Waals surface area (Å²) in [7, 11) is 0. The minimum absolute atomic E-state index is 0.00315. The Labute approximate surface area is 108 Å². The Kier molecular flexibility index (Phi) is 5.34. The standard InChI is InChI=1S/C12H14N2O5/c1-2-5-19-12(18)14-9(11(16)17)6-8-3-4-10(15)13-7-8/h2-4,7,9H,1,5-6H2,(H,13,15)(H,14,18)(H,16,17). The van der Waals surface area contributed by atoms with Crippen molar-refractivity contribution in [3.05, 3.63) is 46.9 Å². The number of carboxylic acid groups (broad SMARTS) is 1. The summed E-state index contributed by atoms with van der Waals surface area (Å²) in [4.78, 5) is 35.6. The molecule has 0 aliphatic rings. The van der Waals surface area contributed by atoms with Gasteiger partial charge in [-0.05, 0) is 5.56 Å². The van der Waals surface area contributed by atoms with E-state index in [1.807, 2.05) is 0 Å². The van der Waals surface area contributed by atoms with E-state index < -0.39 is 18.1 Å². The fraction of sp³-hybridized carbons (Fsp3) is 0.250. The van der Waals surface area contributed by atoms with Gasteiger partial charge in [-0.15, -0.1) is 0 Å². The highest BCUT2D eigenvalue weighted by molar-refractivity contribution is 5.80. The lowest BCUT2D eigenvalue weighted by atomic mass is 10.1. The number of amides is 1. The molecule has 1 heterocycles. The predicted octanol–water partition coefficient (Wildman–Crippen LogP) is 0.283. The average molecular weight is 266 g/mol. The Hall–Kier alpha value is -2.57. The molecule has 0 saturated carbocycles. The first-order chi connectivity index (χ1) is 9.02. The number of alkyl carbamates (subject to hydrolysis) is 1. The molecule has 0 spiro atoms. The highest BCUT2D eigenvalue weighted by Gasteiger charge is 2.20. The van der Waals surface area contributed by atoms with Gasteiger partial charge < -0.3 is 20.1 Å². The molecule has 1 amide bonds. The SMILES string of the molecule is C=CCOC(=O)NC(Cc1ccc(=O)[nH]c1)C(=O)O. The van der Waals surface area contributed by atoms with Gasteiger partial charge >= 0.3 is 12.1 Å². The minimum atomic E-state index is -1.19. The van der Waals surface area contributed by atoms with Gasteiger partial charge in [0, 0.05) is 18.7 Å². The van der Waals surface area contributed by atoms with Gasteiger partial charge in [0.25, 0.3) is 0 Å². The number of aromatic amines is 1. The molecular weight excluding hydrogens is 252 g/mol. The van der Waals surface area contributed by atoms with Crippen LogP contribution in [0.2, 0.25) is 0 Å².